The lowest BCUT2D eigenvalue weighted by Gasteiger charge is -2.31. The Bertz CT molecular complexity index is 328. The molecule has 0 atom stereocenters. The number of aliphatic hydroxyl groups excluding tert-OH is 1. The van der Waals surface area contributed by atoms with E-state index >= 15 is 0 Å². The van der Waals surface area contributed by atoms with Crippen LogP contribution in [-0.2, 0) is 0 Å². The summed E-state index contributed by atoms with van der Waals surface area (Å²) in [5, 5.41) is 9.30. The van der Waals surface area contributed by atoms with Gasteiger partial charge < -0.3 is 10.0 Å². The van der Waals surface area contributed by atoms with Crippen LogP contribution in [0, 0.1) is 11.6 Å². The van der Waals surface area contributed by atoms with Crippen LogP contribution < -0.4 is 4.90 Å². The van der Waals surface area contributed by atoms with Gasteiger partial charge in [-0.2, -0.15) is 0 Å². The van der Waals surface area contributed by atoms with Crippen molar-refractivity contribution in [1.82, 2.24) is 0 Å². The van der Waals surface area contributed by atoms with Crippen LogP contribution in [0.1, 0.15) is 12.8 Å². The van der Waals surface area contributed by atoms with Gasteiger partial charge in [0.05, 0.1) is 6.10 Å². The number of aliphatic hydroxyl groups is 1. The third-order valence-electron chi connectivity index (χ3n) is 2.72. The number of anilines is 1. The number of hydrogen-bond donors (Lipinski definition) is 1. The molecular weight excluding hydrogens is 200 g/mol. The summed E-state index contributed by atoms with van der Waals surface area (Å²) in [6.45, 7) is 0.998. The standard InChI is InChI=1S/C11H13F2NO/c12-9-2-1-3-10(13)11(9)14-6-4-8(15)5-7-14/h1-3,8,15H,4-7H2. The molecule has 0 aliphatic carbocycles. The van der Waals surface area contributed by atoms with Crippen LogP contribution in [0.15, 0.2) is 18.2 Å². The van der Waals surface area contributed by atoms with Gasteiger partial charge in [0.15, 0.2) is 0 Å². The first kappa shape index (κ1) is 10.4. The molecule has 1 fully saturated rings. The zero-order valence-corrected chi connectivity index (χ0v) is 8.29. The second-order valence-electron chi connectivity index (χ2n) is 3.79. The van der Waals surface area contributed by atoms with Crippen LogP contribution in [0.3, 0.4) is 0 Å². The van der Waals surface area contributed by atoms with Crippen LogP contribution >= 0.6 is 0 Å². The maximum Gasteiger partial charge on any atom is 0.149 e. The first-order valence-electron chi connectivity index (χ1n) is 5.05. The molecule has 0 bridgehead atoms. The lowest BCUT2D eigenvalue weighted by molar-refractivity contribution is 0.145. The van der Waals surface area contributed by atoms with Gasteiger partial charge in [-0.05, 0) is 25.0 Å². The summed E-state index contributed by atoms with van der Waals surface area (Å²) >= 11 is 0. The number of hydrogen-bond acceptors (Lipinski definition) is 2. The van der Waals surface area contributed by atoms with Gasteiger partial charge in [0.1, 0.15) is 17.3 Å². The van der Waals surface area contributed by atoms with Gasteiger partial charge >= 0.3 is 0 Å². The summed E-state index contributed by atoms with van der Waals surface area (Å²) in [5.41, 5.74) is 0.0319. The number of benzene rings is 1. The fourth-order valence-corrected chi connectivity index (χ4v) is 1.88. The van der Waals surface area contributed by atoms with Gasteiger partial charge in [-0.1, -0.05) is 6.07 Å². The number of piperidine rings is 1. The molecule has 0 radical (unpaired) electrons. The average molecular weight is 213 g/mol. The van der Waals surface area contributed by atoms with Crippen LogP contribution in [0.25, 0.3) is 0 Å². The molecule has 1 aliphatic rings. The third-order valence-corrected chi connectivity index (χ3v) is 2.72. The smallest absolute Gasteiger partial charge is 0.149 e. The van der Waals surface area contributed by atoms with E-state index in [1.807, 2.05) is 0 Å². The molecule has 1 aliphatic heterocycles. The molecular formula is C11H13F2NO. The highest BCUT2D eigenvalue weighted by atomic mass is 19.1. The fraction of sp³-hybridized carbons (Fsp3) is 0.455. The molecule has 0 spiro atoms. The van der Waals surface area contributed by atoms with E-state index in [2.05, 4.69) is 0 Å². The van der Waals surface area contributed by atoms with E-state index in [0.717, 1.165) is 0 Å². The summed E-state index contributed by atoms with van der Waals surface area (Å²) in [4.78, 5) is 1.65. The van der Waals surface area contributed by atoms with Gasteiger partial charge in [0.2, 0.25) is 0 Å². The number of halogens is 2. The Kier molecular flexibility index (Phi) is 2.86. The van der Waals surface area contributed by atoms with Crippen molar-refractivity contribution in [2.24, 2.45) is 0 Å². The number of para-hydroxylation sites is 1. The van der Waals surface area contributed by atoms with Gasteiger partial charge in [0.25, 0.3) is 0 Å². The van der Waals surface area contributed by atoms with E-state index in [4.69, 9.17) is 0 Å². The Labute approximate surface area is 87.1 Å². The van der Waals surface area contributed by atoms with Crippen LogP contribution in [0.5, 0.6) is 0 Å². The van der Waals surface area contributed by atoms with Crippen molar-refractivity contribution in [3.8, 4) is 0 Å². The first-order chi connectivity index (χ1) is 7.18. The third kappa shape index (κ3) is 2.09. The van der Waals surface area contributed by atoms with Crippen LogP contribution in [0.2, 0.25) is 0 Å². The maximum atomic E-state index is 13.4. The Hall–Kier alpha value is -1.16. The molecule has 82 valence electrons. The molecule has 2 nitrogen and oxygen atoms in total. The highest BCUT2D eigenvalue weighted by Crippen LogP contribution is 2.26. The minimum absolute atomic E-state index is 0.0319. The Morgan fingerprint density at radius 3 is 2.20 bits per heavy atom. The second-order valence-corrected chi connectivity index (χ2v) is 3.79. The lowest BCUT2D eigenvalue weighted by atomic mass is 10.1. The summed E-state index contributed by atoms with van der Waals surface area (Å²) in [5.74, 6) is -1.07. The molecule has 1 heterocycles. The highest BCUT2D eigenvalue weighted by molar-refractivity contribution is 5.49. The van der Waals surface area contributed by atoms with Crippen molar-refractivity contribution < 1.29 is 13.9 Å². The summed E-state index contributed by atoms with van der Waals surface area (Å²) < 4.78 is 26.8. The molecule has 0 saturated carbocycles. The first-order valence-corrected chi connectivity index (χ1v) is 5.05. The zero-order valence-electron chi connectivity index (χ0n) is 8.29. The predicted octanol–water partition coefficient (Wildman–Crippen LogP) is 1.93. The van der Waals surface area contributed by atoms with E-state index in [0.29, 0.717) is 25.9 Å². The van der Waals surface area contributed by atoms with Crippen LogP contribution in [-0.4, -0.2) is 24.3 Å². The fourth-order valence-electron chi connectivity index (χ4n) is 1.88. The van der Waals surface area contributed by atoms with Gasteiger partial charge in [-0.3, -0.25) is 0 Å². The van der Waals surface area contributed by atoms with E-state index in [1.54, 1.807) is 4.90 Å². The summed E-state index contributed by atoms with van der Waals surface area (Å²) in [6, 6.07) is 3.86. The van der Waals surface area contributed by atoms with Crippen LogP contribution in [0.4, 0.5) is 14.5 Å². The SMILES string of the molecule is OC1CCN(c2c(F)cccc2F)CC1. The van der Waals surface area contributed by atoms with Crippen molar-refractivity contribution in [2.75, 3.05) is 18.0 Å². The van der Waals surface area contributed by atoms with Crippen molar-refractivity contribution >= 4 is 5.69 Å². The number of rotatable bonds is 1. The molecule has 2 rings (SSSR count). The monoisotopic (exact) mass is 213 g/mol. The maximum absolute atomic E-state index is 13.4. The van der Waals surface area contributed by atoms with Gasteiger partial charge in [-0.25, -0.2) is 8.78 Å². The van der Waals surface area contributed by atoms with Crippen molar-refractivity contribution in [3.63, 3.8) is 0 Å². The largest absolute Gasteiger partial charge is 0.393 e. The highest BCUT2D eigenvalue weighted by Gasteiger charge is 2.21. The predicted molar refractivity (Wildman–Crippen MR) is 53.8 cm³/mol. The molecule has 1 saturated heterocycles. The van der Waals surface area contributed by atoms with E-state index < -0.39 is 11.6 Å². The van der Waals surface area contributed by atoms with E-state index in [9.17, 15) is 13.9 Å². The zero-order chi connectivity index (χ0) is 10.8. The topological polar surface area (TPSA) is 23.5 Å². The second kappa shape index (κ2) is 4.14. The normalized spacial score (nSPS) is 18.2. The van der Waals surface area contributed by atoms with Gasteiger partial charge in [-0.15, -0.1) is 0 Å². The van der Waals surface area contributed by atoms with Crippen molar-refractivity contribution in [1.29, 1.82) is 0 Å². The molecule has 1 aromatic carbocycles. The quantitative estimate of drug-likeness (QED) is 0.770. The molecule has 1 aromatic rings. The molecule has 4 heteroatoms. The average Bonchev–Trinajstić information content (AvgIpc) is 2.20. The minimum Gasteiger partial charge on any atom is -0.393 e. The summed E-state index contributed by atoms with van der Waals surface area (Å²) in [7, 11) is 0. The number of nitrogens with zero attached hydrogens (tertiary/aromatic N) is 1. The van der Waals surface area contributed by atoms with Gasteiger partial charge in [0, 0.05) is 13.1 Å². The van der Waals surface area contributed by atoms with Crippen molar-refractivity contribution in [2.45, 2.75) is 18.9 Å². The van der Waals surface area contributed by atoms with Crippen molar-refractivity contribution in [3.05, 3.63) is 29.8 Å². The molecule has 0 amide bonds. The molecule has 0 aromatic heterocycles. The Morgan fingerprint density at radius 1 is 1.13 bits per heavy atom. The molecule has 15 heavy (non-hydrogen) atoms. The molecule has 0 unspecified atom stereocenters. The molecule has 1 N–H and O–H groups in total. The Balaban J connectivity index is 2.22. The Morgan fingerprint density at radius 2 is 1.67 bits per heavy atom. The lowest BCUT2D eigenvalue weighted by Crippen LogP contribution is -2.36. The minimum atomic E-state index is -0.536. The summed E-state index contributed by atoms with van der Waals surface area (Å²) in [6.07, 6.45) is 0.790. The van der Waals surface area contributed by atoms with E-state index in [-0.39, 0.29) is 11.8 Å². The van der Waals surface area contributed by atoms with E-state index in [1.165, 1.54) is 18.2 Å².